The van der Waals surface area contributed by atoms with Gasteiger partial charge >= 0.3 is 0 Å². The minimum absolute atomic E-state index is 0.503. The van der Waals surface area contributed by atoms with Crippen LogP contribution in [-0.2, 0) is 0 Å². The van der Waals surface area contributed by atoms with Gasteiger partial charge in [-0.25, -0.2) is 4.98 Å². The first kappa shape index (κ1) is 13.5. The van der Waals surface area contributed by atoms with E-state index in [1.165, 1.54) is 37.1 Å². The molecule has 0 amide bonds. The van der Waals surface area contributed by atoms with Gasteiger partial charge in [0.2, 0.25) is 0 Å². The van der Waals surface area contributed by atoms with E-state index in [2.05, 4.69) is 50.5 Å². The minimum Gasteiger partial charge on any atom is -0.297 e. The predicted molar refractivity (Wildman–Crippen MR) is 87.6 cm³/mol. The lowest BCUT2D eigenvalue weighted by Crippen LogP contribution is -2.23. The number of aromatic nitrogens is 3. The predicted octanol–water partition coefficient (Wildman–Crippen LogP) is 3.55. The van der Waals surface area contributed by atoms with Crippen molar-refractivity contribution in [2.75, 3.05) is 13.1 Å². The van der Waals surface area contributed by atoms with E-state index in [1.807, 2.05) is 12.4 Å². The molecule has 3 heterocycles. The number of imidazole rings is 1. The van der Waals surface area contributed by atoms with Crippen LogP contribution in [-0.4, -0.2) is 32.4 Å². The molecule has 1 saturated heterocycles. The molecule has 0 spiro atoms. The third-order valence-electron chi connectivity index (χ3n) is 4.69. The number of likely N-dealkylation sites (tertiary alicyclic amines) is 1. The van der Waals surface area contributed by atoms with E-state index in [-0.39, 0.29) is 0 Å². The molecule has 1 aliphatic rings. The van der Waals surface area contributed by atoms with Gasteiger partial charge in [-0.3, -0.25) is 14.3 Å². The number of rotatable bonds is 3. The summed E-state index contributed by atoms with van der Waals surface area (Å²) in [4.78, 5) is 11.1. The van der Waals surface area contributed by atoms with Crippen molar-refractivity contribution in [3.63, 3.8) is 0 Å². The Morgan fingerprint density at radius 1 is 1.05 bits per heavy atom. The molecule has 1 aliphatic heterocycles. The van der Waals surface area contributed by atoms with Crippen LogP contribution in [0, 0.1) is 0 Å². The molecule has 4 heteroatoms. The van der Waals surface area contributed by atoms with Gasteiger partial charge in [0.15, 0.2) is 5.65 Å². The Morgan fingerprint density at radius 3 is 2.59 bits per heavy atom. The molecule has 2 aromatic heterocycles. The topological polar surface area (TPSA) is 33.4 Å². The van der Waals surface area contributed by atoms with E-state index >= 15 is 0 Å². The van der Waals surface area contributed by atoms with Gasteiger partial charge < -0.3 is 0 Å². The average Bonchev–Trinajstić information content (AvgIpc) is 3.24. The fourth-order valence-corrected chi connectivity index (χ4v) is 3.33. The van der Waals surface area contributed by atoms with Crippen molar-refractivity contribution in [3.8, 4) is 11.3 Å². The second kappa shape index (κ2) is 5.54. The molecular formula is C18H20N4. The molecule has 1 aromatic carbocycles. The van der Waals surface area contributed by atoms with Crippen LogP contribution < -0.4 is 0 Å². The zero-order valence-electron chi connectivity index (χ0n) is 12.8. The maximum Gasteiger partial charge on any atom is 0.155 e. The smallest absolute Gasteiger partial charge is 0.155 e. The van der Waals surface area contributed by atoms with Crippen molar-refractivity contribution < 1.29 is 0 Å². The van der Waals surface area contributed by atoms with E-state index in [9.17, 15) is 0 Å². The molecular weight excluding hydrogens is 272 g/mol. The maximum absolute atomic E-state index is 4.41. The van der Waals surface area contributed by atoms with Crippen LogP contribution in [0.3, 0.4) is 0 Å². The van der Waals surface area contributed by atoms with Gasteiger partial charge in [-0.05, 0) is 38.4 Å². The molecule has 0 bridgehead atoms. The summed E-state index contributed by atoms with van der Waals surface area (Å²) in [6.07, 6.45) is 10.1. The minimum atomic E-state index is 0.503. The summed E-state index contributed by atoms with van der Waals surface area (Å²) in [5, 5.41) is 0. The lowest BCUT2D eigenvalue weighted by molar-refractivity contribution is 0.263. The Labute approximate surface area is 130 Å². The van der Waals surface area contributed by atoms with Gasteiger partial charge in [0.25, 0.3) is 0 Å². The van der Waals surface area contributed by atoms with Crippen LogP contribution in [0.15, 0.2) is 49.1 Å². The molecule has 4 nitrogen and oxygen atoms in total. The van der Waals surface area contributed by atoms with Gasteiger partial charge in [-0.1, -0.05) is 24.3 Å². The molecule has 0 N–H and O–H groups in total. The first-order valence-electron chi connectivity index (χ1n) is 7.94. The van der Waals surface area contributed by atoms with Gasteiger partial charge in [0.05, 0.1) is 18.1 Å². The SMILES string of the molecule is CC(c1ccc(-c2cnc3cnccn23)cc1)N1CCCC1. The Hall–Kier alpha value is -2.20. The molecule has 1 fully saturated rings. The van der Waals surface area contributed by atoms with Gasteiger partial charge in [-0.2, -0.15) is 0 Å². The van der Waals surface area contributed by atoms with Gasteiger partial charge in [0.1, 0.15) is 0 Å². The lowest BCUT2D eigenvalue weighted by atomic mass is 10.0. The zero-order chi connectivity index (χ0) is 14.9. The number of benzene rings is 1. The van der Waals surface area contributed by atoms with Gasteiger partial charge in [0, 0.05) is 24.0 Å². The summed E-state index contributed by atoms with van der Waals surface area (Å²) in [5.41, 5.74) is 4.57. The lowest BCUT2D eigenvalue weighted by Gasteiger charge is -2.24. The van der Waals surface area contributed by atoms with E-state index in [0.717, 1.165) is 11.3 Å². The van der Waals surface area contributed by atoms with Crippen LogP contribution >= 0.6 is 0 Å². The van der Waals surface area contributed by atoms with Crippen LogP contribution in [0.5, 0.6) is 0 Å². The zero-order valence-corrected chi connectivity index (χ0v) is 12.8. The molecule has 22 heavy (non-hydrogen) atoms. The van der Waals surface area contributed by atoms with E-state index in [1.54, 1.807) is 12.4 Å². The maximum atomic E-state index is 4.41. The highest BCUT2D eigenvalue weighted by Gasteiger charge is 2.19. The molecule has 0 saturated carbocycles. The summed E-state index contributed by atoms with van der Waals surface area (Å²) in [6, 6.07) is 9.40. The standard InChI is InChI=1S/C18H20N4/c1-14(21-9-2-3-10-21)15-4-6-16(7-5-15)17-12-20-18-13-19-8-11-22(17)18/h4-8,11-14H,2-3,9-10H2,1H3. The molecule has 112 valence electrons. The largest absolute Gasteiger partial charge is 0.297 e. The van der Waals surface area contributed by atoms with Crippen LogP contribution in [0.2, 0.25) is 0 Å². The van der Waals surface area contributed by atoms with Crippen molar-refractivity contribution in [1.82, 2.24) is 19.3 Å². The Balaban J connectivity index is 1.64. The Kier molecular flexibility index (Phi) is 3.39. The van der Waals surface area contributed by atoms with E-state index < -0.39 is 0 Å². The van der Waals surface area contributed by atoms with Crippen molar-refractivity contribution in [2.24, 2.45) is 0 Å². The van der Waals surface area contributed by atoms with E-state index in [4.69, 9.17) is 0 Å². The molecule has 1 atom stereocenters. The third kappa shape index (κ3) is 2.29. The quantitative estimate of drug-likeness (QED) is 0.740. The summed E-state index contributed by atoms with van der Waals surface area (Å²) in [7, 11) is 0. The monoisotopic (exact) mass is 292 g/mol. The second-order valence-electron chi connectivity index (χ2n) is 5.99. The Morgan fingerprint density at radius 2 is 1.82 bits per heavy atom. The summed E-state index contributed by atoms with van der Waals surface area (Å²) in [5.74, 6) is 0. The van der Waals surface area contributed by atoms with E-state index in [0.29, 0.717) is 6.04 Å². The van der Waals surface area contributed by atoms with Crippen LogP contribution in [0.25, 0.3) is 16.9 Å². The fourth-order valence-electron chi connectivity index (χ4n) is 3.33. The third-order valence-corrected chi connectivity index (χ3v) is 4.69. The highest BCUT2D eigenvalue weighted by Crippen LogP contribution is 2.27. The Bertz CT molecular complexity index is 769. The fraction of sp³-hybridized carbons (Fsp3) is 0.333. The first-order valence-corrected chi connectivity index (χ1v) is 7.94. The summed E-state index contributed by atoms with van der Waals surface area (Å²) < 4.78 is 2.08. The summed E-state index contributed by atoms with van der Waals surface area (Å²) in [6.45, 7) is 4.76. The highest BCUT2D eigenvalue weighted by molar-refractivity contribution is 5.63. The van der Waals surface area contributed by atoms with Crippen molar-refractivity contribution >= 4 is 5.65 Å². The molecule has 1 unspecified atom stereocenters. The normalized spacial score (nSPS) is 17.1. The summed E-state index contributed by atoms with van der Waals surface area (Å²) >= 11 is 0. The van der Waals surface area contributed by atoms with Crippen LogP contribution in [0.4, 0.5) is 0 Å². The number of hydrogen-bond acceptors (Lipinski definition) is 3. The molecule has 0 aliphatic carbocycles. The van der Waals surface area contributed by atoms with Crippen molar-refractivity contribution in [3.05, 3.63) is 54.6 Å². The van der Waals surface area contributed by atoms with Crippen molar-refractivity contribution in [2.45, 2.75) is 25.8 Å². The average molecular weight is 292 g/mol. The van der Waals surface area contributed by atoms with Crippen LogP contribution in [0.1, 0.15) is 31.4 Å². The molecule has 3 aromatic rings. The van der Waals surface area contributed by atoms with Crippen molar-refractivity contribution in [1.29, 1.82) is 0 Å². The molecule has 0 radical (unpaired) electrons. The highest BCUT2D eigenvalue weighted by atomic mass is 15.2. The second-order valence-corrected chi connectivity index (χ2v) is 5.99. The first-order chi connectivity index (χ1) is 10.8. The number of fused-ring (bicyclic) bond motifs is 1. The number of hydrogen-bond donors (Lipinski definition) is 0. The number of nitrogens with zero attached hydrogens (tertiary/aromatic N) is 4. The van der Waals surface area contributed by atoms with Gasteiger partial charge in [-0.15, -0.1) is 0 Å². The molecule has 4 rings (SSSR count).